The van der Waals surface area contributed by atoms with Crippen molar-refractivity contribution in [2.45, 2.75) is 44.6 Å². The lowest BCUT2D eigenvalue weighted by Gasteiger charge is -2.64. The molecule has 1 N–H and O–H groups in total. The number of carbonyl (C=O) groups excluding carboxylic acids is 1. The van der Waals surface area contributed by atoms with Gasteiger partial charge in [-0.2, -0.15) is 13.2 Å². The highest BCUT2D eigenvalue weighted by Crippen LogP contribution is 2.79. The minimum absolute atomic E-state index is 0.0398. The summed E-state index contributed by atoms with van der Waals surface area (Å²) >= 11 is 3.66. The zero-order chi connectivity index (χ0) is 17.3. The molecule has 0 aliphatic heterocycles. The first-order valence-electron chi connectivity index (χ1n) is 7.60. The third-order valence-electron chi connectivity index (χ3n) is 6.43. The molecule has 1 aromatic rings. The zero-order valence-electron chi connectivity index (χ0n) is 13.2. The molecule has 3 aliphatic rings. The molecular formula is C17H19BrF3NO. The van der Waals surface area contributed by atoms with E-state index in [-0.39, 0.29) is 27.3 Å². The second-order valence-corrected chi connectivity index (χ2v) is 8.32. The van der Waals surface area contributed by atoms with Gasteiger partial charge in [0.05, 0.1) is 11.0 Å². The number of anilines is 1. The quantitative estimate of drug-likeness (QED) is 0.689. The number of hydrogen-bond acceptors (Lipinski definition) is 1. The van der Waals surface area contributed by atoms with E-state index in [1.165, 1.54) is 12.1 Å². The Morgan fingerprint density at radius 1 is 1.26 bits per heavy atom. The number of benzene rings is 1. The van der Waals surface area contributed by atoms with Crippen LogP contribution in [0, 0.1) is 16.2 Å². The minimum Gasteiger partial charge on any atom is -0.326 e. The topological polar surface area (TPSA) is 29.1 Å². The van der Waals surface area contributed by atoms with Crippen molar-refractivity contribution in [3.63, 3.8) is 0 Å². The van der Waals surface area contributed by atoms with E-state index in [1.54, 1.807) is 0 Å². The van der Waals surface area contributed by atoms with E-state index in [0.717, 1.165) is 25.0 Å². The van der Waals surface area contributed by atoms with Gasteiger partial charge < -0.3 is 5.32 Å². The molecule has 0 heterocycles. The summed E-state index contributed by atoms with van der Waals surface area (Å²) in [7, 11) is 0. The van der Waals surface area contributed by atoms with Gasteiger partial charge in [-0.1, -0.05) is 42.8 Å². The van der Waals surface area contributed by atoms with Crippen molar-refractivity contribution >= 4 is 27.5 Å². The Balaban J connectivity index is 1.87. The van der Waals surface area contributed by atoms with Crippen LogP contribution in [-0.4, -0.2) is 10.7 Å². The van der Waals surface area contributed by atoms with Crippen LogP contribution in [0.15, 0.2) is 24.3 Å². The Kier molecular flexibility index (Phi) is 3.47. The molecule has 3 aliphatic carbocycles. The van der Waals surface area contributed by atoms with Gasteiger partial charge in [-0.05, 0) is 41.9 Å². The molecular weight excluding hydrogens is 371 g/mol. The zero-order valence-corrected chi connectivity index (χ0v) is 14.8. The fourth-order valence-corrected chi connectivity index (χ4v) is 6.28. The maximum absolute atomic E-state index is 12.9. The first-order valence-corrected chi connectivity index (χ1v) is 8.51. The summed E-state index contributed by atoms with van der Waals surface area (Å²) in [5.41, 5.74) is -1.30. The van der Waals surface area contributed by atoms with Crippen LogP contribution in [0.25, 0.3) is 0 Å². The second-order valence-electron chi connectivity index (χ2n) is 7.41. The van der Waals surface area contributed by atoms with E-state index >= 15 is 0 Å². The molecule has 3 atom stereocenters. The highest BCUT2D eigenvalue weighted by Gasteiger charge is 2.80. The number of carbonyl (C=O) groups is 1. The van der Waals surface area contributed by atoms with Crippen molar-refractivity contribution in [2.75, 3.05) is 5.32 Å². The molecule has 0 radical (unpaired) electrons. The highest BCUT2D eigenvalue weighted by atomic mass is 79.9. The van der Waals surface area contributed by atoms with Crippen LogP contribution >= 0.6 is 15.9 Å². The van der Waals surface area contributed by atoms with Crippen molar-refractivity contribution in [1.29, 1.82) is 0 Å². The predicted molar refractivity (Wildman–Crippen MR) is 86.3 cm³/mol. The van der Waals surface area contributed by atoms with E-state index in [0.29, 0.717) is 0 Å². The summed E-state index contributed by atoms with van der Waals surface area (Å²) in [6.07, 6.45) is -2.73. The Morgan fingerprint density at radius 3 is 2.39 bits per heavy atom. The Morgan fingerprint density at radius 2 is 1.91 bits per heavy atom. The fraction of sp³-hybridized carbons (Fsp3) is 0.588. The third-order valence-corrected chi connectivity index (χ3v) is 8.22. The smallest absolute Gasteiger partial charge is 0.326 e. The van der Waals surface area contributed by atoms with Crippen molar-refractivity contribution in [2.24, 2.45) is 16.2 Å². The molecule has 2 nitrogen and oxygen atoms in total. The van der Waals surface area contributed by atoms with Gasteiger partial charge in [-0.15, -0.1) is 0 Å². The predicted octanol–water partition coefficient (Wildman–Crippen LogP) is 5.23. The molecule has 126 valence electrons. The molecule has 4 rings (SSSR count). The van der Waals surface area contributed by atoms with Crippen LogP contribution in [0.5, 0.6) is 0 Å². The molecule has 0 unspecified atom stereocenters. The third kappa shape index (κ3) is 1.96. The Bertz CT molecular complexity index is 672. The van der Waals surface area contributed by atoms with Crippen molar-refractivity contribution in [3.8, 4) is 0 Å². The molecule has 0 saturated heterocycles. The van der Waals surface area contributed by atoms with E-state index in [2.05, 4.69) is 42.0 Å². The number of amides is 1. The van der Waals surface area contributed by atoms with Crippen molar-refractivity contribution in [3.05, 3.63) is 29.8 Å². The lowest BCUT2D eigenvalue weighted by molar-refractivity contribution is -0.156. The number of halogens is 4. The van der Waals surface area contributed by atoms with Crippen LogP contribution in [-0.2, 0) is 11.0 Å². The SMILES string of the molecule is CC1(C)[C@@]2(C)CC[C@@]1(C(=O)Nc1cccc(C(F)(F)F)c1)[C@@H]2Br. The van der Waals surface area contributed by atoms with Crippen molar-refractivity contribution in [1.82, 2.24) is 0 Å². The van der Waals surface area contributed by atoms with E-state index in [9.17, 15) is 18.0 Å². The van der Waals surface area contributed by atoms with Gasteiger partial charge in [0.25, 0.3) is 0 Å². The molecule has 6 heteroatoms. The number of rotatable bonds is 2. The lowest BCUT2D eigenvalue weighted by atomic mass is 9.43. The molecule has 0 spiro atoms. The molecule has 3 fully saturated rings. The normalized spacial score (nSPS) is 34.8. The van der Waals surface area contributed by atoms with E-state index in [1.807, 2.05) is 0 Å². The summed E-state index contributed by atoms with van der Waals surface area (Å²) in [6, 6.07) is 4.79. The molecule has 2 bridgehead atoms. The summed E-state index contributed by atoms with van der Waals surface area (Å²) in [5.74, 6) is -0.196. The summed E-state index contributed by atoms with van der Waals surface area (Å²) < 4.78 is 38.4. The van der Waals surface area contributed by atoms with Crippen LogP contribution < -0.4 is 5.32 Å². The monoisotopic (exact) mass is 389 g/mol. The Hall–Kier alpha value is -1.04. The molecule has 23 heavy (non-hydrogen) atoms. The minimum atomic E-state index is -4.42. The van der Waals surface area contributed by atoms with Gasteiger partial charge in [0.2, 0.25) is 5.91 Å². The van der Waals surface area contributed by atoms with Crippen LogP contribution in [0.1, 0.15) is 39.2 Å². The maximum atomic E-state index is 12.9. The fourth-order valence-electron chi connectivity index (χ4n) is 4.47. The summed E-state index contributed by atoms with van der Waals surface area (Å²) in [4.78, 5) is 12.9. The number of alkyl halides is 4. The number of nitrogens with one attached hydrogen (secondary N) is 1. The number of fused-ring (bicyclic) bond motifs is 1. The first-order chi connectivity index (χ1) is 10.5. The van der Waals surface area contributed by atoms with Crippen LogP contribution in [0.3, 0.4) is 0 Å². The first kappa shape index (κ1) is 16.8. The van der Waals surface area contributed by atoms with Crippen molar-refractivity contribution < 1.29 is 18.0 Å². The largest absolute Gasteiger partial charge is 0.416 e. The lowest BCUT2D eigenvalue weighted by Crippen LogP contribution is -2.68. The molecule has 1 aromatic carbocycles. The van der Waals surface area contributed by atoms with Gasteiger partial charge in [0.15, 0.2) is 0 Å². The van der Waals surface area contributed by atoms with E-state index < -0.39 is 17.2 Å². The standard InChI is InChI=1S/C17H19BrF3NO/c1-14(2)15(3)7-8-16(14,12(15)18)13(23)22-11-6-4-5-10(9-11)17(19,20)21/h4-6,9,12H,7-8H2,1-3H3,(H,22,23)/t12-,15+,16+/m1/s1. The summed E-state index contributed by atoms with van der Waals surface area (Å²) in [6.45, 7) is 6.31. The van der Waals surface area contributed by atoms with Gasteiger partial charge in [-0.3, -0.25) is 4.79 Å². The maximum Gasteiger partial charge on any atom is 0.416 e. The van der Waals surface area contributed by atoms with E-state index in [4.69, 9.17) is 0 Å². The molecule has 0 aromatic heterocycles. The molecule has 1 amide bonds. The number of hydrogen-bond donors (Lipinski definition) is 1. The average molecular weight is 390 g/mol. The van der Waals surface area contributed by atoms with Gasteiger partial charge in [-0.25, -0.2) is 0 Å². The van der Waals surface area contributed by atoms with Gasteiger partial charge >= 0.3 is 6.18 Å². The van der Waals surface area contributed by atoms with Gasteiger partial charge in [0, 0.05) is 10.5 Å². The highest BCUT2D eigenvalue weighted by molar-refractivity contribution is 9.09. The van der Waals surface area contributed by atoms with Crippen LogP contribution in [0.2, 0.25) is 0 Å². The van der Waals surface area contributed by atoms with Crippen LogP contribution in [0.4, 0.5) is 18.9 Å². The second kappa shape index (κ2) is 4.74. The average Bonchev–Trinajstić information content (AvgIpc) is 2.86. The molecule has 3 saturated carbocycles. The summed E-state index contributed by atoms with van der Waals surface area (Å²) in [5, 5.41) is 2.71. The Labute approximate surface area is 142 Å². The van der Waals surface area contributed by atoms with Gasteiger partial charge in [0.1, 0.15) is 0 Å².